The van der Waals surface area contributed by atoms with E-state index in [-0.39, 0.29) is 22.2 Å². The SMILES string of the molecule is NC(=O)c1c(NCCCCc2ccc(S(=O)(=O)O)cc2)nc(N)[nH]c1=O. The van der Waals surface area contributed by atoms with Crippen LogP contribution in [0.3, 0.4) is 0 Å². The van der Waals surface area contributed by atoms with E-state index < -0.39 is 21.6 Å². The van der Waals surface area contributed by atoms with Crippen LogP contribution in [0.5, 0.6) is 0 Å². The summed E-state index contributed by atoms with van der Waals surface area (Å²) >= 11 is 0. The van der Waals surface area contributed by atoms with Crippen molar-refractivity contribution in [3.05, 3.63) is 45.7 Å². The van der Waals surface area contributed by atoms with Gasteiger partial charge in [-0.15, -0.1) is 0 Å². The lowest BCUT2D eigenvalue weighted by atomic mass is 10.1. The molecule has 0 saturated heterocycles. The number of amides is 1. The van der Waals surface area contributed by atoms with Crippen LogP contribution < -0.4 is 22.3 Å². The highest BCUT2D eigenvalue weighted by Gasteiger charge is 2.15. The Morgan fingerprint density at radius 1 is 1.23 bits per heavy atom. The van der Waals surface area contributed by atoms with Crippen LogP contribution in [0.1, 0.15) is 28.8 Å². The Balaban J connectivity index is 1.88. The molecule has 0 spiro atoms. The fraction of sp³-hybridized carbons (Fsp3) is 0.267. The summed E-state index contributed by atoms with van der Waals surface area (Å²) in [6.45, 7) is 0.430. The van der Waals surface area contributed by atoms with E-state index >= 15 is 0 Å². The predicted molar refractivity (Wildman–Crippen MR) is 95.5 cm³/mol. The number of aromatic nitrogens is 2. The largest absolute Gasteiger partial charge is 0.369 e. The van der Waals surface area contributed by atoms with Crippen LogP contribution in [-0.2, 0) is 16.5 Å². The van der Waals surface area contributed by atoms with Crippen LogP contribution >= 0.6 is 0 Å². The number of nitrogens with one attached hydrogen (secondary N) is 2. The fourth-order valence-electron chi connectivity index (χ4n) is 2.34. The second-order valence-corrected chi connectivity index (χ2v) is 6.96. The molecule has 0 bridgehead atoms. The Bertz CT molecular complexity index is 953. The molecule has 1 aromatic heterocycles. The third-order valence-corrected chi connectivity index (χ3v) is 4.46. The minimum absolute atomic E-state index is 0.0382. The minimum atomic E-state index is -4.19. The van der Waals surface area contributed by atoms with Gasteiger partial charge in [0.2, 0.25) is 5.95 Å². The number of hydrogen-bond donors (Lipinski definition) is 5. The Kier molecular flexibility index (Phi) is 5.95. The summed E-state index contributed by atoms with van der Waals surface area (Å²) in [7, 11) is -4.19. The van der Waals surface area contributed by atoms with Crippen LogP contribution in [0.2, 0.25) is 0 Å². The maximum atomic E-state index is 11.7. The summed E-state index contributed by atoms with van der Waals surface area (Å²) in [6, 6.07) is 5.93. The lowest BCUT2D eigenvalue weighted by Crippen LogP contribution is -2.28. The Labute approximate surface area is 149 Å². The monoisotopic (exact) mass is 381 g/mol. The summed E-state index contributed by atoms with van der Waals surface area (Å²) in [4.78, 5) is 29.0. The number of carbonyl (C=O) groups is 1. The number of nitrogens with zero attached hydrogens (tertiary/aromatic N) is 1. The second kappa shape index (κ2) is 7.97. The summed E-state index contributed by atoms with van der Waals surface area (Å²) in [5.74, 6) is -0.988. The van der Waals surface area contributed by atoms with Crippen LogP contribution in [0.4, 0.5) is 11.8 Å². The van der Waals surface area contributed by atoms with Gasteiger partial charge in [-0.3, -0.25) is 19.1 Å². The summed E-state index contributed by atoms with van der Waals surface area (Å²) in [5, 5.41) is 2.87. The molecule has 7 N–H and O–H groups in total. The molecule has 11 heteroatoms. The molecule has 0 aliphatic heterocycles. The zero-order chi connectivity index (χ0) is 19.3. The molecule has 26 heavy (non-hydrogen) atoms. The highest BCUT2D eigenvalue weighted by Crippen LogP contribution is 2.13. The smallest absolute Gasteiger partial charge is 0.294 e. The first kappa shape index (κ1) is 19.4. The van der Waals surface area contributed by atoms with Gasteiger partial charge in [-0.25, -0.2) is 0 Å². The number of nitrogens with two attached hydrogens (primary N) is 2. The molecule has 0 aliphatic rings. The van der Waals surface area contributed by atoms with Gasteiger partial charge in [-0.1, -0.05) is 12.1 Å². The van der Waals surface area contributed by atoms with E-state index in [0.717, 1.165) is 12.0 Å². The summed E-state index contributed by atoms with van der Waals surface area (Å²) < 4.78 is 30.9. The average molecular weight is 381 g/mol. The third-order valence-electron chi connectivity index (χ3n) is 3.59. The van der Waals surface area contributed by atoms with Gasteiger partial charge in [-0.05, 0) is 37.0 Å². The van der Waals surface area contributed by atoms with E-state index in [1.165, 1.54) is 12.1 Å². The predicted octanol–water partition coefficient (Wildman–Crippen LogP) is 0.133. The number of anilines is 2. The van der Waals surface area contributed by atoms with Gasteiger partial charge >= 0.3 is 0 Å². The molecule has 1 aromatic carbocycles. The molecule has 2 rings (SSSR count). The number of rotatable bonds is 8. The topological polar surface area (TPSA) is 181 Å². The van der Waals surface area contributed by atoms with Gasteiger partial charge in [-0.2, -0.15) is 13.4 Å². The first-order valence-electron chi connectivity index (χ1n) is 7.68. The van der Waals surface area contributed by atoms with Gasteiger partial charge < -0.3 is 16.8 Å². The Morgan fingerprint density at radius 2 is 1.88 bits per heavy atom. The molecule has 2 aromatic rings. The van der Waals surface area contributed by atoms with Gasteiger partial charge in [0, 0.05) is 6.54 Å². The van der Waals surface area contributed by atoms with Crippen molar-refractivity contribution in [1.29, 1.82) is 0 Å². The number of benzene rings is 1. The first-order valence-corrected chi connectivity index (χ1v) is 9.12. The standard InChI is InChI=1S/C15H19N5O5S/c16-12(21)11-13(19-15(17)20-14(11)22)18-8-2-1-3-9-4-6-10(7-5-9)26(23,24)25/h4-7H,1-3,8H2,(H2,16,21)(H,23,24,25)(H4,17,18,19,20,22). The van der Waals surface area contributed by atoms with E-state index in [1.807, 2.05) is 0 Å². The van der Waals surface area contributed by atoms with Crippen LogP contribution in [0.15, 0.2) is 34.0 Å². The highest BCUT2D eigenvalue weighted by atomic mass is 32.2. The molecule has 0 unspecified atom stereocenters. The first-order chi connectivity index (χ1) is 12.2. The average Bonchev–Trinajstić information content (AvgIpc) is 2.53. The van der Waals surface area contributed by atoms with Crippen LogP contribution in [0, 0.1) is 0 Å². The van der Waals surface area contributed by atoms with Gasteiger partial charge in [0.25, 0.3) is 21.6 Å². The zero-order valence-electron chi connectivity index (χ0n) is 13.7. The molecular formula is C15H19N5O5S. The molecule has 0 aliphatic carbocycles. The molecule has 0 radical (unpaired) electrons. The molecule has 0 fully saturated rings. The summed E-state index contributed by atoms with van der Waals surface area (Å²) in [5.41, 5.74) is 10.6. The van der Waals surface area contributed by atoms with E-state index in [9.17, 15) is 18.0 Å². The Morgan fingerprint density at radius 3 is 2.46 bits per heavy atom. The number of hydrogen-bond acceptors (Lipinski definition) is 7. The van der Waals surface area contributed by atoms with Crippen molar-refractivity contribution in [2.75, 3.05) is 17.6 Å². The highest BCUT2D eigenvalue weighted by molar-refractivity contribution is 7.85. The number of nitrogen functional groups attached to an aromatic ring is 1. The molecule has 1 amide bonds. The molecule has 0 saturated carbocycles. The van der Waals surface area contributed by atoms with E-state index in [0.29, 0.717) is 19.4 Å². The minimum Gasteiger partial charge on any atom is -0.369 e. The molecule has 1 heterocycles. The normalized spacial score (nSPS) is 11.3. The van der Waals surface area contributed by atoms with E-state index in [4.69, 9.17) is 16.0 Å². The second-order valence-electron chi connectivity index (χ2n) is 5.54. The lowest BCUT2D eigenvalue weighted by molar-refractivity contribution is 0.0999. The zero-order valence-corrected chi connectivity index (χ0v) is 14.5. The number of primary amides is 1. The lowest BCUT2D eigenvalue weighted by Gasteiger charge is -2.09. The van der Waals surface area contributed by atoms with Crippen LogP contribution in [-0.4, -0.2) is 35.4 Å². The quantitative estimate of drug-likeness (QED) is 0.316. The number of aryl methyl sites for hydroxylation is 1. The third kappa shape index (κ3) is 5.04. The van der Waals surface area contributed by atoms with Crippen molar-refractivity contribution in [3.63, 3.8) is 0 Å². The molecular weight excluding hydrogens is 362 g/mol. The van der Waals surface area contributed by atoms with Gasteiger partial charge in [0.15, 0.2) is 0 Å². The van der Waals surface area contributed by atoms with Gasteiger partial charge in [0.05, 0.1) is 4.90 Å². The maximum absolute atomic E-state index is 11.7. The number of H-pyrrole nitrogens is 1. The number of aromatic amines is 1. The van der Waals surface area contributed by atoms with Crippen molar-refractivity contribution in [2.24, 2.45) is 5.73 Å². The number of unbranched alkanes of at least 4 members (excludes halogenated alkanes) is 1. The maximum Gasteiger partial charge on any atom is 0.294 e. The van der Waals surface area contributed by atoms with Crippen molar-refractivity contribution in [3.8, 4) is 0 Å². The Hall–Kier alpha value is -2.92. The summed E-state index contributed by atoms with van der Waals surface area (Å²) in [6.07, 6.45) is 2.12. The number of carbonyl (C=O) groups excluding carboxylic acids is 1. The molecule has 140 valence electrons. The van der Waals surface area contributed by atoms with Crippen molar-refractivity contribution in [2.45, 2.75) is 24.2 Å². The fourth-order valence-corrected chi connectivity index (χ4v) is 2.82. The molecule has 0 atom stereocenters. The van der Waals surface area contributed by atoms with Crippen molar-refractivity contribution < 1.29 is 17.8 Å². The van der Waals surface area contributed by atoms with Gasteiger partial charge in [0.1, 0.15) is 11.4 Å². The van der Waals surface area contributed by atoms with E-state index in [2.05, 4.69) is 15.3 Å². The van der Waals surface area contributed by atoms with E-state index in [1.54, 1.807) is 12.1 Å². The van der Waals surface area contributed by atoms with Crippen molar-refractivity contribution >= 4 is 27.8 Å². The van der Waals surface area contributed by atoms with Crippen molar-refractivity contribution in [1.82, 2.24) is 9.97 Å². The van der Waals surface area contributed by atoms with Crippen LogP contribution in [0.25, 0.3) is 0 Å². The molecule has 10 nitrogen and oxygen atoms in total.